The summed E-state index contributed by atoms with van der Waals surface area (Å²) in [4.78, 5) is 0. The molecular formula is C18H29NS. The second-order valence-corrected chi connectivity index (χ2v) is 7.19. The highest BCUT2D eigenvalue weighted by molar-refractivity contribution is 7.99. The van der Waals surface area contributed by atoms with Crippen molar-refractivity contribution >= 4 is 11.8 Å². The predicted molar refractivity (Wildman–Crippen MR) is 91.2 cm³/mol. The van der Waals surface area contributed by atoms with Crippen molar-refractivity contribution < 1.29 is 0 Å². The van der Waals surface area contributed by atoms with Gasteiger partial charge in [0.1, 0.15) is 0 Å². The van der Waals surface area contributed by atoms with E-state index in [1.807, 2.05) is 0 Å². The molecule has 1 N–H and O–H groups in total. The highest BCUT2D eigenvalue weighted by atomic mass is 32.2. The summed E-state index contributed by atoms with van der Waals surface area (Å²) in [7, 11) is 0. The Hall–Kier alpha value is -0.470. The van der Waals surface area contributed by atoms with Crippen LogP contribution >= 0.6 is 11.8 Å². The summed E-state index contributed by atoms with van der Waals surface area (Å²) in [5, 5.41) is 4.50. The van der Waals surface area contributed by atoms with Gasteiger partial charge in [-0.05, 0) is 37.3 Å². The highest BCUT2D eigenvalue weighted by Crippen LogP contribution is 2.36. The fraction of sp³-hybridized carbons (Fsp3) is 0.667. The number of hydrogen-bond donors (Lipinski definition) is 1. The van der Waals surface area contributed by atoms with Crippen molar-refractivity contribution in [1.29, 1.82) is 0 Å². The third-order valence-electron chi connectivity index (χ3n) is 4.37. The lowest BCUT2D eigenvalue weighted by atomic mass is 9.83. The number of nitrogens with one attached hydrogen (secondary N) is 1. The summed E-state index contributed by atoms with van der Waals surface area (Å²) in [5.74, 6) is 2.12. The van der Waals surface area contributed by atoms with E-state index in [2.05, 4.69) is 61.3 Å². The topological polar surface area (TPSA) is 12.0 Å². The summed E-state index contributed by atoms with van der Waals surface area (Å²) >= 11 is 2.17. The molecule has 112 valence electrons. The van der Waals surface area contributed by atoms with E-state index in [9.17, 15) is 0 Å². The molecule has 2 heteroatoms. The van der Waals surface area contributed by atoms with Crippen LogP contribution in [0.3, 0.4) is 0 Å². The summed E-state index contributed by atoms with van der Waals surface area (Å²) in [5.41, 5.74) is 1.46. The van der Waals surface area contributed by atoms with Gasteiger partial charge in [0.05, 0.1) is 0 Å². The highest BCUT2D eigenvalue weighted by Gasteiger charge is 2.29. The van der Waals surface area contributed by atoms with Crippen LogP contribution in [0.25, 0.3) is 0 Å². The molecule has 0 bridgehead atoms. The van der Waals surface area contributed by atoms with E-state index in [1.54, 1.807) is 0 Å². The Labute approximate surface area is 128 Å². The van der Waals surface area contributed by atoms with E-state index >= 15 is 0 Å². The summed E-state index contributed by atoms with van der Waals surface area (Å²) in [6.45, 7) is 5.66. The van der Waals surface area contributed by atoms with Crippen LogP contribution in [0.15, 0.2) is 30.3 Å². The van der Waals surface area contributed by atoms with E-state index in [4.69, 9.17) is 0 Å². The first-order chi connectivity index (χ1) is 9.83. The molecule has 0 radical (unpaired) electrons. The zero-order valence-electron chi connectivity index (χ0n) is 13.0. The van der Waals surface area contributed by atoms with Gasteiger partial charge in [0.15, 0.2) is 0 Å². The van der Waals surface area contributed by atoms with Gasteiger partial charge in [-0.15, -0.1) is 0 Å². The van der Waals surface area contributed by atoms with E-state index in [-0.39, 0.29) is 0 Å². The molecule has 1 aromatic carbocycles. The van der Waals surface area contributed by atoms with Crippen LogP contribution in [-0.2, 0) is 5.75 Å². The van der Waals surface area contributed by atoms with Crippen LogP contribution in [0, 0.1) is 5.92 Å². The van der Waals surface area contributed by atoms with Gasteiger partial charge in [-0.25, -0.2) is 0 Å². The monoisotopic (exact) mass is 291 g/mol. The van der Waals surface area contributed by atoms with Gasteiger partial charge in [-0.1, -0.05) is 57.0 Å². The third-order valence-corrected chi connectivity index (χ3v) is 5.82. The first-order valence-electron chi connectivity index (χ1n) is 8.22. The summed E-state index contributed by atoms with van der Waals surface area (Å²) < 4.78 is 0. The van der Waals surface area contributed by atoms with Crippen molar-refractivity contribution in [3.05, 3.63) is 35.9 Å². The minimum Gasteiger partial charge on any atom is -0.313 e. The smallest absolute Gasteiger partial charge is 0.0207 e. The van der Waals surface area contributed by atoms with E-state index in [1.165, 1.54) is 37.7 Å². The van der Waals surface area contributed by atoms with Gasteiger partial charge >= 0.3 is 0 Å². The number of benzene rings is 1. The van der Waals surface area contributed by atoms with Crippen molar-refractivity contribution in [3.8, 4) is 0 Å². The van der Waals surface area contributed by atoms with Crippen LogP contribution in [0.1, 0.15) is 51.5 Å². The molecule has 3 unspecified atom stereocenters. The second-order valence-electron chi connectivity index (χ2n) is 5.97. The Morgan fingerprint density at radius 3 is 2.65 bits per heavy atom. The average Bonchev–Trinajstić information content (AvgIpc) is 2.49. The Kier molecular flexibility index (Phi) is 6.95. The molecule has 1 fully saturated rings. The van der Waals surface area contributed by atoms with Crippen molar-refractivity contribution in [2.24, 2.45) is 5.92 Å². The SMILES string of the molecule is CCCC1CCC(NCC)C(SCc2ccccc2)C1. The van der Waals surface area contributed by atoms with Crippen LogP contribution in [0.2, 0.25) is 0 Å². The lowest BCUT2D eigenvalue weighted by Crippen LogP contribution is -2.42. The molecule has 0 aliphatic heterocycles. The predicted octanol–water partition coefficient (Wildman–Crippen LogP) is 4.87. The Balaban J connectivity index is 1.89. The van der Waals surface area contributed by atoms with Crippen molar-refractivity contribution in [2.75, 3.05) is 6.54 Å². The van der Waals surface area contributed by atoms with Crippen LogP contribution < -0.4 is 5.32 Å². The van der Waals surface area contributed by atoms with Crippen molar-refractivity contribution in [3.63, 3.8) is 0 Å². The Morgan fingerprint density at radius 2 is 1.95 bits per heavy atom. The van der Waals surface area contributed by atoms with Crippen molar-refractivity contribution in [2.45, 2.75) is 63.0 Å². The van der Waals surface area contributed by atoms with Crippen LogP contribution in [-0.4, -0.2) is 17.8 Å². The van der Waals surface area contributed by atoms with E-state index in [0.717, 1.165) is 29.5 Å². The zero-order chi connectivity index (χ0) is 14.2. The fourth-order valence-electron chi connectivity index (χ4n) is 3.34. The Morgan fingerprint density at radius 1 is 1.15 bits per heavy atom. The molecule has 0 amide bonds. The molecule has 1 aliphatic rings. The van der Waals surface area contributed by atoms with Gasteiger partial charge in [0.25, 0.3) is 0 Å². The molecule has 0 aromatic heterocycles. The normalized spacial score (nSPS) is 26.6. The summed E-state index contributed by atoms with van der Waals surface area (Å²) in [6, 6.07) is 11.6. The molecule has 1 saturated carbocycles. The maximum absolute atomic E-state index is 3.71. The lowest BCUT2D eigenvalue weighted by Gasteiger charge is -2.36. The molecule has 1 aliphatic carbocycles. The van der Waals surface area contributed by atoms with Crippen LogP contribution in [0.5, 0.6) is 0 Å². The third kappa shape index (κ3) is 4.82. The molecule has 20 heavy (non-hydrogen) atoms. The van der Waals surface area contributed by atoms with Gasteiger partial charge in [-0.3, -0.25) is 0 Å². The largest absolute Gasteiger partial charge is 0.313 e. The lowest BCUT2D eigenvalue weighted by molar-refractivity contribution is 0.289. The van der Waals surface area contributed by atoms with E-state index < -0.39 is 0 Å². The maximum Gasteiger partial charge on any atom is 0.0207 e. The van der Waals surface area contributed by atoms with Gasteiger partial charge in [0.2, 0.25) is 0 Å². The fourth-order valence-corrected chi connectivity index (χ4v) is 4.81. The average molecular weight is 292 g/mol. The number of rotatable bonds is 7. The molecular weight excluding hydrogens is 262 g/mol. The minimum atomic E-state index is 0.724. The van der Waals surface area contributed by atoms with Gasteiger partial charge in [0, 0.05) is 17.0 Å². The standard InChI is InChI=1S/C18H29NS/c1-3-8-15-11-12-17(19-4-2)18(13-15)20-14-16-9-6-5-7-10-16/h5-7,9-10,15,17-19H,3-4,8,11-14H2,1-2H3. The molecule has 0 saturated heterocycles. The first kappa shape index (κ1) is 15.9. The molecule has 2 rings (SSSR count). The quantitative estimate of drug-likeness (QED) is 0.769. The second kappa shape index (κ2) is 8.74. The number of hydrogen-bond acceptors (Lipinski definition) is 2. The Bertz CT molecular complexity index is 365. The molecule has 3 atom stereocenters. The minimum absolute atomic E-state index is 0.724. The van der Waals surface area contributed by atoms with Crippen molar-refractivity contribution in [1.82, 2.24) is 5.32 Å². The first-order valence-corrected chi connectivity index (χ1v) is 9.27. The molecule has 0 spiro atoms. The molecule has 0 heterocycles. The summed E-state index contributed by atoms with van der Waals surface area (Å²) in [6.07, 6.45) is 6.95. The van der Waals surface area contributed by atoms with Gasteiger partial charge in [-0.2, -0.15) is 11.8 Å². The van der Waals surface area contributed by atoms with Gasteiger partial charge < -0.3 is 5.32 Å². The molecule has 1 nitrogen and oxygen atoms in total. The zero-order valence-corrected chi connectivity index (χ0v) is 13.8. The van der Waals surface area contributed by atoms with E-state index in [0.29, 0.717) is 0 Å². The number of thioether (sulfide) groups is 1. The van der Waals surface area contributed by atoms with Crippen LogP contribution in [0.4, 0.5) is 0 Å². The molecule has 1 aromatic rings. The maximum atomic E-state index is 3.71.